The summed E-state index contributed by atoms with van der Waals surface area (Å²) in [6.07, 6.45) is 1.66. The molecule has 3 rings (SSSR count). The highest BCUT2D eigenvalue weighted by Crippen LogP contribution is 2.46. The number of benzene rings is 2. The van der Waals surface area contributed by atoms with Crippen LogP contribution in [0.4, 0.5) is 0 Å². The van der Waals surface area contributed by atoms with Crippen molar-refractivity contribution < 1.29 is 24.4 Å². The average Bonchev–Trinajstić information content (AvgIpc) is 2.76. The minimum Gasteiger partial charge on any atom is -0.507 e. The predicted octanol–water partition coefficient (Wildman–Crippen LogP) is 5.73. The molecule has 0 bridgehead atoms. The smallest absolute Gasteiger partial charge is 0.124 e. The molecule has 1 aliphatic heterocycles. The summed E-state index contributed by atoms with van der Waals surface area (Å²) >= 11 is 0. The maximum atomic E-state index is 10.9. The lowest BCUT2D eigenvalue weighted by Gasteiger charge is -2.40. The molecule has 0 aromatic heterocycles. The Kier molecular flexibility index (Phi) is 7.86. The minimum absolute atomic E-state index is 0.178. The second kappa shape index (κ2) is 10.2. The van der Waals surface area contributed by atoms with Crippen LogP contribution in [-0.2, 0) is 32.8 Å². The van der Waals surface area contributed by atoms with Crippen LogP contribution in [0.2, 0.25) is 0 Å². The molecule has 0 spiro atoms. The summed E-state index contributed by atoms with van der Waals surface area (Å²) in [7, 11) is 3.30. The van der Waals surface area contributed by atoms with Crippen LogP contribution >= 0.6 is 0 Å². The van der Waals surface area contributed by atoms with E-state index in [0.717, 1.165) is 46.2 Å². The number of methoxy groups -OCH3 is 2. The summed E-state index contributed by atoms with van der Waals surface area (Å²) in [6, 6.07) is 8.49. The van der Waals surface area contributed by atoms with Gasteiger partial charge in [0.25, 0.3) is 0 Å². The molecule has 176 valence electrons. The Labute approximate surface area is 192 Å². The van der Waals surface area contributed by atoms with Gasteiger partial charge in [0.15, 0.2) is 0 Å². The molecule has 1 saturated heterocycles. The van der Waals surface area contributed by atoms with E-state index in [-0.39, 0.29) is 17.3 Å². The lowest BCUT2D eigenvalue weighted by atomic mass is 9.67. The number of aromatic hydroxyl groups is 2. The fourth-order valence-corrected chi connectivity index (χ4v) is 4.87. The van der Waals surface area contributed by atoms with E-state index in [4.69, 9.17) is 14.2 Å². The highest BCUT2D eigenvalue weighted by molar-refractivity contribution is 5.54. The Balaban J connectivity index is 2.29. The lowest BCUT2D eigenvalue weighted by Crippen LogP contribution is -2.35. The maximum absolute atomic E-state index is 10.9. The van der Waals surface area contributed by atoms with E-state index in [1.54, 1.807) is 14.2 Å². The van der Waals surface area contributed by atoms with Crippen molar-refractivity contribution in [2.45, 2.75) is 71.0 Å². The van der Waals surface area contributed by atoms with Crippen molar-refractivity contribution in [2.75, 3.05) is 27.4 Å². The van der Waals surface area contributed by atoms with Gasteiger partial charge in [0.05, 0.1) is 13.2 Å². The minimum atomic E-state index is -0.280. The lowest BCUT2D eigenvalue weighted by molar-refractivity contribution is 0.0628. The monoisotopic (exact) mass is 442 g/mol. The quantitative estimate of drug-likeness (QED) is 0.546. The highest BCUT2D eigenvalue weighted by atomic mass is 16.5. The predicted molar refractivity (Wildman–Crippen MR) is 127 cm³/mol. The van der Waals surface area contributed by atoms with Crippen molar-refractivity contribution in [1.82, 2.24) is 0 Å². The fourth-order valence-electron chi connectivity index (χ4n) is 4.87. The van der Waals surface area contributed by atoms with E-state index in [2.05, 4.69) is 52.0 Å². The van der Waals surface area contributed by atoms with Crippen LogP contribution in [0.25, 0.3) is 0 Å². The van der Waals surface area contributed by atoms with Crippen molar-refractivity contribution in [1.29, 1.82) is 0 Å². The molecule has 32 heavy (non-hydrogen) atoms. The number of hydrogen-bond donors (Lipinski definition) is 2. The zero-order chi connectivity index (χ0) is 23.5. The van der Waals surface area contributed by atoms with Gasteiger partial charge in [-0.3, -0.25) is 0 Å². The molecule has 5 heteroatoms. The molecule has 2 aromatic carbocycles. The van der Waals surface area contributed by atoms with Crippen molar-refractivity contribution in [3.63, 3.8) is 0 Å². The molecule has 0 unspecified atom stereocenters. The Morgan fingerprint density at radius 1 is 0.781 bits per heavy atom. The van der Waals surface area contributed by atoms with Gasteiger partial charge in [0.2, 0.25) is 0 Å². The van der Waals surface area contributed by atoms with Gasteiger partial charge < -0.3 is 24.4 Å². The zero-order valence-electron chi connectivity index (χ0n) is 20.3. The zero-order valence-corrected chi connectivity index (χ0v) is 20.3. The molecule has 2 N–H and O–H groups in total. The number of hydrogen-bond acceptors (Lipinski definition) is 5. The molecular weight excluding hydrogens is 404 g/mol. The largest absolute Gasteiger partial charge is 0.507 e. The summed E-state index contributed by atoms with van der Waals surface area (Å²) in [5, 5.41) is 21.8. The third-order valence-corrected chi connectivity index (χ3v) is 6.73. The fraction of sp³-hybridized carbons (Fsp3) is 0.556. The molecular formula is C27H38O5. The van der Waals surface area contributed by atoms with Gasteiger partial charge in [-0.25, -0.2) is 0 Å². The van der Waals surface area contributed by atoms with Gasteiger partial charge in [-0.1, -0.05) is 39.8 Å². The van der Waals surface area contributed by atoms with E-state index < -0.39 is 0 Å². The van der Waals surface area contributed by atoms with E-state index in [1.165, 1.54) is 0 Å². The number of rotatable bonds is 8. The Hall–Kier alpha value is -2.08. The number of phenolic OH excluding ortho intramolecular Hbond substituents is 2. The van der Waals surface area contributed by atoms with Crippen molar-refractivity contribution in [3.8, 4) is 11.5 Å². The van der Waals surface area contributed by atoms with Gasteiger partial charge in [0, 0.05) is 44.0 Å². The van der Waals surface area contributed by atoms with E-state index >= 15 is 0 Å². The van der Waals surface area contributed by atoms with Crippen LogP contribution in [0.5, 0.6) is 11.5 Å². The standard InChI is InChI=1S/C27H38O5/c1-17(2)23-13-21(11-19(15-30-5)25(23)28)27(7-9-32-10-8-27)22-12-20(16-31-6)26(29)24(14-22)18(3)4/h11-14,17-18,28-29H,7-10,15-16H2,1-6H3. The molecule has 1 heterocycles. The molecule has 2 aromatic rings. The summed E-state index contributed by atoms with van der Waals surface area (Å²) in [6.45, 7) is 10.4. The third-order valence-electron chi connectivity index (χ3n) is 6.73. The maximum Gasteiger partial charge on any atom is 0.124 e. The highest BCUT2D eigenvalue weighted by Gasteiger charge is 2.38. The van der Waals surface area contributed by atoms with Crippen LogP contribution in [0.15, 0.2) is 24.3 Å². The molecule has 0 aliphatic carbocycles. The summed E-state index contributed by atoms with van der Waals surface area (Å²) in [5.74, 6) is 0.998. The SMILES string of the molecule is COCc1cc(C2(c3cc(COC)c(O)c(C(C)C)c3)CCOCC2)cc(C(C)C)c1O. The Morgan fingerprint density at radius 2 is 1.19 bits per heavy atom. The molecule has 0 amide bonds. The van der Waals surface area contributed by atoms with E-state index in [1.807, 2.05) is 0 Å². The summed E-state index contributed by atoms with van der Waals surface area (Å²) in [4.78, 5) is 0. The van der Waals surface area contributed by atoms with Gasteiger partial charge in [0.1, 0.15) is 11.5 Å². The normalized spacial score (nSPS) is 16.1. The first kappa shape index (κ1) is 24.6. The molecule has 1 aliphatic rings. The van der Waals surface area contributed by atoms with Crippen molar-refractivity contribution in [3.05, 3.63) is 57.6 Å². The van der Waals surface area contributed by atoms with Crippen molar-refractivity contribution in [2.24, 2.45) is 0 Å². The second-order valence-electron chi connectivity index (χ2n) is 9.52. The van der Waals surface area contributed by atoms with E-state index in [9.17, 15) is 10.2 Å². The third kappa shape index (κ3) is 4.66. The topological polar surface area (TPSA) is 68.2 Å². The summed E-state index contributed by atoms with van der Waals surface area (Å²) < 4.78 is 16.6. The van der Waals surface area contributed by atoms with Crippen LogP contribution in [-0.4, -0.2) is 37.6 Å². The van der Waals surface area contributed by atoms with E-state index in [0.29, 0.717) is 37.9 Å². The van der Waals surface area contributed by atoms with Crippen molar-refractivity contribution >= 4 is 0 Å². The van der Waals surface area contributed by atoms with Crippen LogP contribution in [0, 0.1) is 0 Å². The second-order valence-corrected chi connectivity index (χ2v) is 9.52. The van der Waals surface area contributed by atoms with Crippen LogP contribution < -0.4 is 0 Å². The van der Waals surface area contributed by atoms with Gasteiger partial charge in [-0.2, -0.15) is 0 Å². The van der Waals surface area contributed by atoms with Crippen LogP contribution in [0.1, 0.15) is 85.8 Å². The molecule has 0 saturated carbocycles. The first-order valence-electron chi connectivity index (χ1n) is 11.5. The number of phenols is 2. The molecule has 0 atom stereocenters. The average molecular weight is 443 g/mol. The first-order valence-corrected chi connectivity index (χ1v) is 11.5. The Morgan fingerprint density at radius 3 is 1.53 bits per heavy atom. The van der Waals surface area contributed by atoms with Crippen LogP contribution in [0.3, 0.4) is 0 Å². The first-order chi connectivity index (χ1) is 15.2. The van der Waals surface area contributed by atoms with Gasteiger partial charge in [-0.15, -0.1) is 0 Å². The summed E-state index contributed by atoms with van der Waals surface area (Å²) in [5.41, 5.74) is 5.52. The van der Waals surface area contributed by atoms with Gasteiger partial charge >= 0.3 is 0 Å². The number of ether oxygens (including phenoxy) is 3. The Bertz CT molecular complexity index is 857. The molecule has 5 nitrogen and oxygen atoms in total. The molecule has 0 radical (unpaired) electrons. The van der Waals surface area contributed by atoms with Gasteiger partial charge in [-0.05, 0) is 59.1 Å². The molecule has 1 fully saturated rings.